The number of carbonyl (C=O) groups is 1. The van der Waals surface area contributed by atoms with E-state index in [1.54, 1.807) is 0 Å². The number of hydrogen-bond donors (Lipinski definition) is 2. The monoisotopic (exact) mass is 354 g/mol. The highest BCUT2D eigenvalue weighted by Gasteiger charge is 2.35. The number of benzene rings is 2. The average molecular weight is 354 g/mol. The van der Waals surface area contributed by atoms with Crippen LogP contribution in [0.4, 0.5) is 0 Å². The Hall–Kier alpha value is -2.21. The largest absolute Gasteiger partial charge is 0.381 e. The van der Waals surface area contributed by atoms with Gasteiger partial charge in [0.25, 0.3) is 0 Å². The first-order valence-corrected chi connectivity index (χ1v) is 9.01. The Kier molecular flexibility index (Phi) is 6.39. The number of amides is 1. The first-order valence-electron chi connectivity index (χ1n) is 9.01. The fourth-order valence-electron chi connectivity index (χ4n) is 3.04. The standard InChI is InChI=1S/C21H26N2O3/c22-21(10-12-25-13-11-21)20(24)23-14-18-8-4-5-9-19(18)16-26-15-17-6-2-1-3-7-17/h1-9H,10-16,22H2,(H,23,24). The Labute approximate surface area is 154 Å². The minimum atomic E-state index is -0.822. The predicted molar refractivity (Wildman–Crippen MR) is 100 cm³/mol. The van der Waals surface area contributed by atoms with Gasteiger partial charge in [-0.25, -0.2) is 0 Å². The van der Waals surface area contributed by atoms with Crippen LogP contribution in [0.1, 0.15) is 29.5 Å². The zero-order chi connectivity index (χ0) is 18.2. The van der Waals surface area contributed by atoms with Crippen LogP contribution < -0.4 is 11.1 Å². The van der Waals surface area contributed by atoms with Crippen molar-refractivity contribution in [3.8, 4) is 0 Å². The number of nitrogens with one attached hydrogen (secondary N) is 1. The minimum Gasteiger partial charge on any atom is -0.381 e. The first kappa shape index (κ1) is 18.6. The summed E-state index contributed by atoms with van der Waals surface area (Å²) in [6, 6.07) is 18.1. The highest BCUT2D eigenvalue weighted by atomic mass is 16.5. The molecule has 1 heterocycles. The maximum atomic E-state index is 12.5. The molecule has 5 heteroatoms. The summed E-state index contributed by atoms with van der Waals surface area (Å²) in [5.41, 5.74) is 8.67. The van der Waals surface area contributed by atoms with Crippen molar-refractivity contribution >= 4 is 5.91 Å². The molecule has 0 atom stereocenters. The van der Waals surface area contributed by atoms with Crippen LogP contribution in [-0.2, 0) is 34.0 Å². The van der Waals surface area contributed by atoms with Crippen LogP contribution >= 0.6 is 0 Å². The zero-order valence-corrected chi connectivity index (χ0v) is 14.9. The van der Waals surface area contributed by atoms with E-state index in [-0.39, 0.29) is 5.91 Å². The van der Waals surface area contributed by atoms with Crippen molar-refractivity contribution in [2.45, 2.75) is 38.1 Å². The smallest absolute Gasteiger partial charge is 0.240 e. The average Bonchev–Trinajstić information content (AvgIpc) is 2.68. The molecule has 1 fully saturated rings. The molecule has 0 aliphatic carbocycles. The van der Waals surface area contributed by atoms with E-state index in [1.165, 1.54) is 0 Å². The summed E-state index contributed by atoms with van der Waals surface area (Å²) in [6.45, 7) is 2.58. The second-order valence-corrected chi connectivity index (χ2v) is 6.70. The van der Waals surface area contributed by atoms with E-state index in [0.29, 0.717) is 45.8 Å². The summed E-state index contributed by atoms with van der Waals surface area (Å²) in [5, 5.41) is 2.98. The summed E-state index contributed by atoms with van der Waals surface area (Å²) < 4.78 is 11.1. The Morgan fingerprint density at radius 3 is 2.38 bits per heavy atom. The van der Waals surface area contributed by atoms with Gasteiger partial charge in [0.2, 0.25) is 5.91 Å². The molecule has 5 nitrogen and oxygen atoms in total. The molecule has 0 spiro atoms. The van der Waals surface area contributed by atoms with Crippen LogP contribution in [0, 0.1) is 0 Å². The Balaban J connectivity index is 1.54. The molecule has 3 rings (SSSR count). The summed E-state index contributed by atoms with van der Waals surface area (Å²) in [5.74, 6) is -0.110. The number of hydrogen-bond acceptors (Lipinski definition) is 4. The highest BCUT2D eigenvalue weighted by molar-refractivity contribution is 5.86. The van der Waals surface area contributed by atoms with E-state index in [2.05, 4.69) is 5.32 Å². The number of rotatable bonds is 7. The van der Waals surface area contributed by atoms with Crippen molar-refractivity contribution in [1.82, 2.24) is 5.32 Å². The molecule has 1 saturated heterocycles. The lowest BCUT2D eigenvalue weighted by Gasteiger charge is -2.31. The topological polar surface area (TPSA) is 73.6 Å². The van der Waals surface area contributed by atoms with Gasteiger partial charge in [-0.1, -0.05) is 54.6 Å². The molecular weight excluding hydrogens is 328 g/mol. The van der Waals surface area contributed by atoms with Gasteiger partial charge in [0.05, 0.1) is 18.8 Å². The van der Waals surface area contributed by atoms with Crippen molar-refractivity contribution < 1.29 is 14.3 Å². The van der Waals surface area contributed by atoms with Crippen LogP contribution in [-0.4, -0.2) is 24.7 Å². The summed E-state index contributed by atoms with van der Waals surface area (Å²) in [7, 11) is 0. The Bertz CT molecular complexity index is 712. The molecule has 1 aliphatic rings. The fourth-order valence-corrected chi connectivity index (χ4v) is 3.04. The Morgan fingerprint density at radius 1 is 1.00 bits per heavy atom. The van der Waals surface area contributed by atoms with Gasteiger partial charge in [-0.3, -0.25) is 4.79 Å². The lowest BCUT2D eigenvalue weighted by Crippen LogP contribution is -2.56. The van der Waals surface area contributed by atoms with Crippen molar-refractivity contribution in [2.24, 2.45) is 5.73 Å². The molecule has 2 aromatic carbocycles. The second kappa shape index (κ2) is 8.94. The molecule has 0 radical (unpaired) electrons. The van der Waals surface area contributed by atoms with Crippen LogP contribution in [0.25, 0.3) is 0 Å². The Morgan fingerprint density at radius 2 is 1.65 bits per heavy atom. The van der Waals surface area contributed by atoms with Crippen molar-refractivity contribution in [3.05, 3.63) is 71.3 Å². The number of nitrogens with two attached hydrogens (primary N) is 1. The van der Waals surface area contributed by atoms with Gasteiger partial charge < -0.3 is 20.5 Å². The van der Waals surface area contributed by atoms with Crippen LogP contribution in [0.5, 0.6) is 0 Å². The highest BCUT2D eigenvalue weighted by Crippen LogP contribution is 2.18. The molecule has 26 heavy (non-hydrogen) atoms. The van der Waals surface area contributed by atoms with Crippen LogP contribution in [0.2, 0.25) is 0 Å². The second-order valence-electron chi connectivity index (χ2n) is 6.70. The third-order valence-electron chi connectivity index (χ3n) is 4.76. The van der Waals surface area contributed by atoms with E-state index < -0.39 is 5.54 Å². The molecule has 1 aliphatic heterocycles. The van der Waals surface area contributed by atoms with Gasteiger partial charge in [0.1, 0.15) is 0 Å². The normalized spacial score (nSPS) is 16.2. The van der Waals surface area contributed by atoms with Gasteiger partial charge in [-0.2, -0.15) is 0 Å². The molecule has 0 unspecified atom stereocenters. The summed E-state index contributed by atoms with van der Waals surface area (Å²) in [6.07, 6.45) is 1.11. The lowest BCUT2D eigenvalue weighted by atomic mass is 9.90. The van der Waals surface area contributed by atoms with Gasteiger partial charge >= 0.3 is 0 Å². The van der Waals surface area contributed by atoms with Crippen LogP contribution in [0.15, 0.2) is 54.6 Å². The van der Waals surface area contributed by atoms with E-state index in [0.717, 1.165) is 16.7 Å². The van der Waals surface area contributed by atoms with Gasteiger partial charge in [-0.05, 0) is 29.5 Å². The molecule has 0 aromatic heterocycles. The first-order chi connectivity index (χ1) is 12.7. The van der Waals surface area contributed by atoms with Gasteiger partial charge in [0, 0.05) is 19.8 Å². The molecule has 2 aromatic rings. The van der Waals surface area contributed by atoms with Crippen molar-refractivity contribution in [1.29, 1.82) is 0 Å². The van der Waals surface area contributed by atoms with E-state index in [1.807, 2.05) is 54.6 Å². The SMILES string of the molecule is NC1(C(=O)NCc2ccccc2COCc2ccccc2)CCOCC1. The van der Waals surface area contributed by atoms with Gasteiger partial charge in [0.15, 0.2) is 0 Å². The molecule has 3 N–H and O–H groups in total. The molecule has 138 valence electrons. The third kappa shape index (κ3) is 4.91. The zero-order valence-electron chi connectivity index (χ0n) is 14.9. The van der Waals surface area contributed by atoms with Crippen LogP contribution in [0.3, 0.4) is 0 Å². The number of ether oxygens (including phenoxy) is 2. The molecular formula is C21H26N2O3. The van der Waals surface area contributed by atoms with E-state index >= 15 is 0 Å². The molecule has 0 bridgehead atoms. The lowest BCUT2D eigenvalue weighted by molar-refractivity contribution is -0.129. The molecule has 1 amide bonds. The number of carbonyl (C=O) groups excluding carboxylic acids is 1. The fraction of sp³-hybridized carbons (Fsp3) is 0.381. The van der Waals surface area contributed by atoms with Gasteiger partial charge in [-0.15, -0.1) is 0 Å². The van der Waals surface area contributed by atoms with E-state index in [9.17, 15) is 4.79 Å². The van der Waals surface area contributed by atoms with Crippen molar-refractivity contribution in [2.75, 3.05) is 13.2 Å². The van der Waals surface area contributed by atoms with E-state index in [4.69, 9.17) is 15.2 Å². The van der Waals surface area contributed by atoms with Crippen molar-refractivity contribution in [3.63, 3.8) is 0 Å². The maximum absolute atomic E-state index is 12.5. The minimum absolute atomic E-state index is 0.110. The maximum Gasteiger partial charge on any atom is 0.240 e. The third-order valence-corrected chi connectivity index (χ3v) is 4.76. The summed E-state index contributed by atoms with van der Waals surface area (Å²) >= 11 is 0. The quantitative estimate of drug-likeness (QED) is 0.801. The predicted octanol–water partition coefficient (Wildman–Crippen LogP) is 2.53. The summed E-state index contributed by atoms with van der Waals surface area (Å²) in [4.78, 5) is 12.5. The molecule has 0 saturated carbocycles.